The Balaban J connectivity index is 1.93. The summed E-state index contributed by atoms with van der Waals surface area (Å²) < 4.78 is 0. The number of aryl methyl sites for hydroxylation is 2. The fraction of sp³-hybridized carbons (Fsp3) is 0.600. The Labute approximate surface area is 124 Å². The minimum absolute atomic E-state index is 0.122. The highest BCUT2D eigenvalue weighted by atomic mass is 16.4. The van der Waals surface area contributed by atoms with E-state index < -0.39 is 0 Å². The van der Waals surface area contributed by atoms with E-state index in [1.54, 1.807) is 0 Å². The van der Waals surface area contributed by atoms with Gasteiger partial charge in [0.25, 0.3) is 0 Å². The predicted molar refractivity (Wildman–Crippen MR) is 80.8 cm³/mol. The van der Waals surface area contributed by atoms with Crippen molar-refractivity contribution in [1.29, 1.82) is 0 Å². The number of oxime groups is 1. The predicted octanol–water partition coefficient (Wildman–Crippen LogP) is 0.873. The van der Waals surface area contributed by atoms with E-state index >= 15 is 0 Å². The van der Waals surface area contributed by atoms with Crippen LogP contribution >= 0.6 is 0 Å². The van der Waals surface area contributed by atoms with Crippen LogP contribution in [-0.2, 0) is 12.8 Å². The molecular weight excluding hydrogens is 268 g/mol. The molecule has 6 nitrogen and oxygen atoms in total. The first-order valence-corrected chi connectivity index (χ1v) is 7.59. The average Bonchev–Trinajstić information content (AvgIpc) is 3.00. The maximum Gasteiger partial charge on any atom is 0.173 e. The lowest BCUT2D eigenvalue weighted by Gasteiger charge is -2.33. The number of fused-ring (bicyclic) bond motifs is 1. The lowest BCUT2D eigenvalue weighted by Crippen LogP contribution is -2.37. The quantitative estimate of drug-likeness (QED) is 0.332. The van der Waals surface area contributed by atoms with Crippen molar-refractivity contribution in [3.8, 4) is 0 Å². The summed E-state index contributed by atoms with van der Waals surface area (Å²) in [5.41, 5.74) is 8.92. The normalized spacial score (nSPS) is 19.9. The molecule has 4 N–H and O–H groups in total. The maximum atomic E-state index is 9.25. The van der Waals surface area contributed by atoms with Crippen LogP contribution in [0.25, 0.3) is 0 Å². The Bertz CT molecular complexity index is 551. The number of pyridine rings is 1. The topological polar surface area (TPSA) is 95.0 Å². The minimum Gasteiger partial charge on any atom is -0.409 e. The molecule has 3 rings (SSSR count). The molecule has 0 bridgehead atoms. The van der Waals surface area contributed by atoms with E-state index in [9.17, 15) is 5.11 Å². The Morgan fingerprint density at radius 3 is 2.81 bits per heavy atom. The zero-order valence-corrected chi connectivity index (χ0v) is 12.1. The van der Waals surface area contributed by atoms with Gasteiger partial charge in [-0.2, -0.15) is 0 Å². The molecule has 0 radical (unpaired) electrons. The van der Waals surface area contributed by atoms with Gasteiger partial charge in [0.1, 0.15) is 5.82 Å². The fourth-order valence-corrected chi connectivity index (χ4v) is 3.27. The summed E-state index contributed by atoms with van der Waals surface area (Å²) in [5, 5.41) is 21.4. The molecule has 1 fully saturated rings. The van der Waals surface area contributed by atoms with Crippen LogP contribution in [-0.4, -0.2) is 40.8 Å². The third-order valence-electron chi connectivity index (χ3n) is 4.59. The molecule has 1 aliphatic heterocycles. The van der Waals surface area contributed by atoms with Gasteiger partial charge in [-0.15, -0.1) is 0 Å². The van der Waals surface area contributed by atoms with Gasteiger partial charge in [-0.3, -0.25) is 0 Å². The van der Waals surface area contributed by atoms with Gasteiger partial charge in [0.2, 0.25) is 0 Å². The van der Waals surface area contributed by atoms with Gasteiger partial charge in [0.05, 0.1) is 5.56 Å². The minimum atomic E-state index is 0.122. The molecule has 0 saturated carbocycles. The van der Waals surface area contributed by atoms with Gasteiger partial charge in [0, 0.05) is 25.4 Å². The molecule has 0 unspecified atom stereocenters. The molecule has 0 aromatic carbocycles. The van der Waals surface area contributed by atoms with Crippen molar-refractivity contribution < 1.29 is 10.3 Å². The second kappa shape index (κ2) is 5.89. The molecule has 0 amide bonds. The maximum absolute atomic E-state index is 9.25. The molecular formula is C15H22N4O2. The van der Waals surface area contributed by atoms with Gasteiger partial charge in [0.15, 0.2) is 5.84 Å². The van der Waals surface area contributed by atoms with Crippen LogP contribution in [0.5, 0.6) is 0 Å². The van der Waals surface area contributed by atoms with Gasteiger partial charge in [-0.05, 0) is 49.7 Å². The van der Waals surface area contributed by atoms with Crippen LogP contribution in [0.1, 0.15) is 36.1 Å². The molecule has 0 atom stereocenters. The van der Waals surface area contributed by atoms with Crippen molar-refractivity contribution in [3.63, 3.8) is 0 Å². The Kier molecular flexibility index (Phi) is 3.96. The highest BCUT2D eigenvalue weighted by Gasteiger charge is 2.25. The summed E-state index contributed by atoms with van der Waals surface area (Å²) in [4.78, 5) is 6.98. The van der Waals surface area contributed by atoms with Crippen LogP contribution in [0, 0.1) is 5.92 Å². The lowest BCUT2D eigenvalue weighted by molar-refractivity contribution is 0.203. The van der Waals surface area contributed by atoms with Crippen LogP contribution in [0.2, 0.25) is 0 Å². The van der Waals surface area contributed by atoms with E-state index in [0.29, 0.717) is 5.92 Å². The van der Waals surface area contributed by atoms with E-state index in [2.05, 4.69) is 10.1 Å². The van der Waals surface area contributed by atoms with Crippen molar-refractivity contribution in [2.24, 2.45) is 16.8 Å². The highest BCUT2D eigenvalue weighted by molar-refractivity contribution is 6.01. The molecule has 21 heavy (non-hydrogen) atoms. The smallest absolute Gasteiger partial charge is 0.173 e. The fourth-order valence-electron chi connectivity index (χ4n) is 3.27. The van der Waals surface area contributed by atoms with Crippen molar-refractivity contribution >= 4 is 11.7 Å². The number of anilines is 1. The molecule has 2 aliphatic rings. The van der Waals surface area contributed by atoms with Gasteiger partial charge < -0.3 is 20.9 Å². The molecule has 2 heterocycles. The average molecular weight is 290 g/mol. The second-order valence-corrected chi connectivity index (χ2v) is 5.92. The van der Waals surface area contributed by atoms with Crippen LogP contribution in [0.15, 0.2) is 11.2 Å². The number of hydrogen-bond donors (Lipinski definition) is 3. The lowest BCUT2D eigenvalue weighted by atomic mass is 9.97. The third kappa shape index (κ3) is 2.68. The standard InChI is InChI=1S/C15H22N4O2/c16-14(18-21)12-8-11-2-1-3-13(11)17-15(12)19-6-4-10(9-20)5-7-19/h8,10,20-21H,1-7,9H2,(H2,16,18). The summed E-state index contributed by atoms with van der Waals surface area (Å²) in [5.74, 6) is 1.32. The molecule has 1 aliphatic carbocycles. The Morgan fingerprint density at radius 2 is 2.14 bits per heavy atom. The van der Waals surface area contributed by atoms with Crippen molar-refractivity contribution in [2.45, 2.75) is 32.1 Å². The summed E-state index contributed by atoms with van der Waals surface area (Å²) in [6.07, 6.45) is 5.04. The highest BCUT2D eigenvalue weighted by Crippen LogP contribution is 2.29. The Hall–Kier alpha value is -1.82. The zero-order valence-electron chi connectivity index (χ0n) is 12.1. The molecule has 1 saturated heterocycles. The van der Waals surface area contributed by atoms with Gasteiger partial charge >= 0.3 is 0 Å². The van der Waals surface area contributed by atoms with Crippen LogP contribution < -0.4 is 10.6 Å². The van der Waals surface area contributed by atoms with Crippen molar-refractivity contribution in [1.82, 2.24) is 4.98 Å². The summed E-state index contributed by atoms with van der Waals surface area (Å²) >= 11 is 0. The van der Waals surface area contributed by atoms with Crippen molar-refractivity contribution in [3.05, 3.63) is 22.9 Å². The largest absolute Gasteiger partial charge is 0.409 e. The zero-order chi connectivity index (χ0) is 14.8. The first-order chi connectivity index (χ1) is 10.2. The molecule has 1 aromatic heterocycles. The van der Waals surface area contributed by atoms with Crippen LogP contribution in [0.3, 0.4) is 0 Å². The number of amidine groups is 1. The van der Waals surface area contributed by atoms with E-state index in [1.807, 2.05) is 6.07 Å². The van der Waals surface area contributed by atoms with E-state index in [4.69, 9.17) is 15.9 Å². The number of aliphatic hydroxyl groups excluding tert-OH is 1. The number of aromatic nitrogens is 1. The number of aliphatic hydroxyl groups is 1. The number of hydrogen-bond acceptors (Lipinski definition) is 5. The van der Waals surface area contributed by atoms with Crippen molar-refractivity contribution in [2.75, 3.05) is 24.6 Å². The number of piperidine rings is 1. The molecule has 114 valence electrons. The number of rotatable bonds is 3. The Morgan fingerprint density at radius 1 is 1.38 bits per heavy atom. The monoisotopic (exact) mass is 290 g/mol. The molecule has 0 spiro atoms. The summed E-state index contributed by atoms with van der Waals surface area (Å²) in [6, 6.07) is 2.03. The van der Waals surface area contributed by atoms with E-state index in [1.165, 1.54) is 5.56 Å². The van der Waals surface area contributed by atoms with Gasteiger partial charge in [-0.1, -0.05) is 5.16 Å². The first kappa shape index (κ1) is 14.1. The van der Waals surface area contributed by atoms with E-state index in [-0.39, 0.29) is 12.4 Å². The molecule has 6 heteroatoms. The second-order valence-electron chi connectivity index (χ2n) is 5.92. The molecule has 1 aromatic rings. The third-order valence-corrected chi connectivity index (χ3v) is 4.59. The number of nitrogens with zero attached hydrogens (tertiary/aromatic N) is 3. The SMILES string of the molecule is NC(=NO)c1cc2c(nc1N1CCC(CO)CC1)CCC2. The summed E-state index contributed by atoms with van der Waals surface area (Å²) in [7, 11) is 0. The number of nitrogens with two attached hydrogens (primary N) is 1. The first-order valence-electron chi connectivity index (χ1n) is 7.59. The van der Waals surface area contributed by atoms with Crippen LogP contribution in [0.4, 0.5) is 5.82 Å². The van der Waals surface area contributed by atoms with E-state index in [0.717, 1.165) is 62.3 Å². The van der Waals surface area contributed by atoms with Gasteiger partial charge in [-0.25, -0.2) is 4.98 Å². The summed E-state index contributed by atoms with van der Waals surface area (Å²) in [6.45, 7) is 1.95.